The maximum atomic E-state index is 12.8. The van der Waals surface area contributed by atoms with Crippen molar-refractivity contribution >= 4 is 57.0 Å². The van der Waals surface area contributed by atoms with Crippen LogP contribution in [0.5, 0.6) is 0 Å². The summed E-state index contributed by atoms with van der Waals surface area (Å²) in [6, 6.07) is 15.2. The monoisotopic (exact) mass is 560 g/mol. The first-order valence-electron chi connectivity index (χ1n) is 8.08. The zero-order chi connectivity index (χ0) is 18.0. The van der Waals surface area contributed by atoms with Gasteiger partial charge in [0.2, 0.25) is 0 Å². The number of halogens is 2. The van der Waals surface area contributed by atoms with E-state index in [1.807, 2.05) is 65.3 Å². The van der Waals surface area contributed by atoms with Crippen molar-refractivity contribution in [2.24, 2.45) is 0 Å². The van der Waals surface area contributed by atoms with Crippen molar-refractivity contribution in [3.63, 3.8) is 0 Å². The molecule has 1 fully saturated rings. The molecule has 4 nitrogen and oxygen atoms in total. The molecule has 2 aromatic carbocycles. The molecule has 130 valence electrons. The SMILES string of the molecule is CC1CN(C(=O)c2ccccc2I)CCN1C(=O)c1ccccc1I. The Kier molecular flexibility index (Phi) is 5.98. The first-order valence-corrected chi connectivity index (χ1v) is 10.2. The fraction of sp³-hybridized carbons (Fsp3) is 0.263. The van der Waals surface area contributed by atoms with Crippen molar-refractivity contribution in [3.05, 3.63) is 66.8 Å². The van der Waals surface area contributed by atoms with Crippen LogP contribution in [0, 0.1) is 7.14 Å². The van der Waals surface area contributed by atoms with Crippen LogP contribution in [0.2, 0.25) is 0 Å². The summed E-state index contributed by atoms with van der Waals surface area (Å²) in [6.45, 7) is 3.67. The third-order valence-electron chi connectivity index (χ3n) is 4.38. The van der Waals surface area contributed by atoms with E-state index in [4.69, 9.17) is 0 Å². The molecular weight excluding hydrogens is 542 g/mol. The minimum atomic E-state index is -0.0115. The van der Waals surface area contributed by atoms with Crippen molar-refractivity contribution in [2.45, 2.75) is 13.0 Å². The molecule has 2 amide bonds. The predicted octanol–water partition coefficient (Wildman–Crippen LogP) is 3.88. The fourth-order valence-electron chi connectivity index (χ4n) is 3.04. The fourth-order valence-corrected chi connectivity index (χ4v) is 4.27. The van der Waals surface area contributed by atoms with Gasteiger partial charge in [0.15, 0.2) is 0 Å². The molecule has 0 bridgehead atoms. The Bertz CT molecular complexity index is 810. The summed E-state index contributed by atoms with van der Waals surface area (Å²) in [7, 11) is 0. The van der Waals surface area contributed by atoms with Crippen LogP contribution in [0.15, 0.2) is 48.5 Å². The van der Waals surface area contributed by atoms with Gasteiger partial charge in [-0.15, -0.1) is 0 Å². The number of carbonyl (C=O) groups excluding carboxylic acids is 2. The van der Waals surface area contributed by atoms with Gasteiger partial charge >= 0.3 is 0 Å². The summed E-state index contributed by atoms with van der Waals surface area (Å²) in [5.74, 6) is 0.0807. The second-order valence-electron chi connectivity index (χ2n) is 6.06. The third kappa shape index (κ3) is 3.99. The Morgan fingerprint density at radius 3 is 1.92 bits per heavy atom. The molecule has 1 saturated heterocycles. The second kappa shape index (κ2) is 8.03. The van der Waals surface area contributed by atoms with Crippen LogP contribution in [-0.4, -0.2) is 47.3 Å². The van der Waals surface area contributed by atoms with E-state index in [2.05, 4.69) is 45.2 Å². The Morgan fingerprint density at radius 1 is 0.880 bits per heavy atom. The normalized spacial score (nSPS) is 17.5. The minimum Gasteiger partial charge on any atom is -0.335 e. The topological polar surface area (TPSA) is 40.6 Å². The highest BCUT2D eigenvalue weighted by Gasteiger charge is 2.31. The van der Waals surface area contributed by atoms with E-state index in [1.165, 1.54) is 0 Å². The Hall–Kier alpha value is -1.16. The maximum absolute atomic E-state index is 12.8. The van der Waals surface area contributed by atoms with E-state index in [0.29, 0.717) is 19.6 Å². The Balaban J connectivity index is 1.73. The van der Waals surface area contributed by atoms with Crippen LogP contribution >= 0.6 is 45.2 Å². The average Bonchev–Trinajstić information content (AvgIpc) is 2.61. The van der Waals surface area contributed by atoms with E-state index in [-0.39, 0.29) is 17.9 Å². The Labute approximate surface area is 174 Å². The van der Waals surface area contributed by atoms with Gasteiger partial charge in [0.25, 0.3) is 11.8 Å². The van der Waals surface area contributed by atoms with E-state index >= 15 is 0 Å². The molecule has 0 N–H and O–H groups in total. The molecule has 3 rings (SSSR count). The lowest BCUT2D eigenvalue weighted by Crippen LogP contribution is -2.55. The molecular formula is C19H18I2N2O2. The summed E-state index contributed by atoms with van der Waals surface area (Å²) in [4.78, 5) is 29.4. The summed E-state index contributed by atoms with van der Waals surface area (Å²) in [5.41, 5.74) is 1.46. The van der Waals surface area contributed by atoms with Crippen LogP contribution in [0.25, 0.3) is 0 Å². The summed E-state index contributed by atoms with van der Waals surface area (Å²) in [5, 5.41) is 0. The lowest BCUT2D eigenvalue weighted by atomic mass is 10.1. The van der Waals surface area contributed by atoms with Crippen molar-refractivity contribution in [3.8, 4) is 0 Å². The predicted molar refractivity (Wildman–Crippen MR) is 115 cm³/mol. The number of piperazine rings is 1. The van der Waals surface area contributed by atoms with Gasteiger partial charge in [0, 0.05) is 32.8 Å². The molecule has 2 aromatic rings. The maximum Gasteiger partial charge on any atom is 0.255 e. The number of amides is 2. The number of hydrogen-bond acceptors (Lipinski definition) is 2. The molecule has 0 spiro atoms. The number of nitrogens with zero attached hydrogens (tertiary/aromatic N) is 2. The summed E-state index contributed by atoms with van der Waals surface area (Å²) < 4.78 is 1.91. The molecule has 0 aliphatic carbocycles. The van der Waals surface area contributed by atoms with Crippen molar-refractivity contribution in [1.29, 1.82) is 0 Å². The summed E-state index contributed by atoms with van der Waals surface area (Å²) in [6.07, 6.45) is 0. The van der Waals surface area contributed by atoms with Crippen LogP contribution in [-0.2, 0) is 0 Å². The average molecular weight is 560 g/mol. The van der Waals surface area contributed by atoms with E-state index < -0.39 is 0 Å². The number of carbonyl (C=O) groups is 2. The van der Waals surface area contributed by atoms with Crippen LogP contribution in [0.3, 0.4) is 0 Å². The third-order valence-corrected chi connectivity index (χ3v) is 6.27. The molecule has 6 heteroatoms. The highest BCUT2D eigenvalue weighted by Crippen LogP contribution is 2.20. The molecule has 0 radical (unpaired) electrons. The minimum absolute atomic E-state index is 0.0115. The highest BCUT2D eigenvalue weighted by molar-refractivity contribution is 14.1. The molecule has 1 unspecified atom stereocenters. The van der Waals surface area contributed by atoms with Gasteiger partial charge in [-0.05, 0) is 76.4 Å². The van der Waals surface area contributed by atoms with Gasteiger partial charge in [0.05, 0.1) is 11.1 Å². The van der Waals surface area contributed by atoms with Gasteiger partial charge in [-0.1, -0.05) is 24.3 Å². The summed E-state index contributed by atoms with van der Waals surface area (Å²) >= 11 is 4.38. The zero-order valence-electron chi connectivity index (χ0n) is 13.8. The second-order valence-corrected chi connectivity index (χ2v) is 8.38. The number of hydrogen-bond donors (Lipinski definition) is 0. The van der Waals surface area contributed by atoms with Gasteiger partial charge < -0.3 is 9.80 Å². The zero-order valence-corrected chi connectivity index (χ0v) is 18.1. The standard InChI is InChI=1S/C19H18I2N2O2/c1-13-12-22(18(24)14-6-2-4-8-16(14)20)10-11-23(13)19(25)15-7-3-5-9-17(15)21/h2-9,13H,10-12H2,1H3. The van der Waals surface area contributed by atoms with Crippen molar-refractivity contribution < 1.29 is 9.59 Å². The van der Waals surface area contributed by atoms with Crippen LogP contribution in [0.4, 0.5) is 0 Å². The first-order chi connectivity index (χ1) is 12.0. The van der Waals surface area contributed by atoms with E-state index in [1.54, 1.807) is 0 Å². The molecule has 0 aromatic heterocycles. The lowest BCUT2D eigenvalue weighted by Gasteiger charge is -2.40. The number of rotatable bonds is 2. The van der Waals surface area contributed by atoms with E-state index in [9.17, 15) is 9.59 Å². The first kappa shape index (κ1) is 18.6. The smallest absolute Gasteiger partial charge is 0.255 e. The van der Waals surface area contributed by atoms with Crippen LogP contribution in [0.1, 0.15) is 27.6 Å². The van der Waals surface area contributed by atoms with Gasteiger partial charge in [-0.3, -0.25) is 9.59 Å². The van der Waals surface area contributed by atoms with Crippen molar-refractivity contribution in [1.82, 2.24) is 9.80 Å². The molecule has 25 heavy (non-hydrogen) atoms. The van der Waals surface area contributed by atoms with Gasteiger partial charge in [-0.2, -0.15) is 0 Å². The highest BCUT2D eigenvalue weighted by atomic mass is 127. The quantitative estimate of drug-likeness (QED) is 0.524. The largest absolute Gasteiger partial charge is 0.335 e. The molecule has 1 atom stereocenters. The molecule has 1 heterocycles. The molecule has 0 saturated carbocycles. The Morgan fingerprint density at radius 2 is 1.40 bits per heavy atom. The van der Waals surface area contributed by atoms with Gasteiger partial charge in [0.1, 0.15) is 0 Å². The van der Waals surface area contributed by atoms with E-state index in [0.717, 1.165) is 18.3 Å². The lowest BCUT2D eigenvalue weighted by molar-refractivity contribution is 0.0413. The van der Waals surface area contributed by atoms with Crippen molar-refractivity contribution in [2.75, 3.05) is 19.6 Å². The number of benzene rings is 2. The van der Waals surface area contributed by atoms with Crippen LogP contribution < -0.4 is 0 Å². The van der Waals surface area contributed by atoms with Gasteiger partial charge in [-0.25, -0.2) is 0 Å². The molecule has 1 aliphatic heterocycles. The molecule has 1 aliphatic rings.